The van der Waals surface area contributed by atoms with Gasteiger partial charge >= 0.3 is 17.9 Å². The van der Waals surface area contributed by atoms with Crippen molar-refractivity contribution in [1.82, 2.24) is 4.90 Å². The summed E-state index contributed by atoms with van der Waals surface area (Å²) in [5.74, 6) is -2.73. The van der Waals surface area contributed by atoms with E-state index in [1.807, 2.05) is 6.07 Å². The van der Waals surface area contributed by atoms with Crippen molar-refractivity contribution in [3.8, 4) is 0 Å². The molecule has 8 nitrogen and oxygen atoms in total. The number of esters is 3. The number of ether oxygens (including phenoxy) is 3. The average molecular weight is 363 g/mol. The molecule has 0 aliphatic rings. The lowest BCUT2D eigenvalue weighted by atomic mass is 10.2. The van der Waals surface area contributed by atoms with E-state index < -0.39 is 30.4 Å². The van der Waals surface area contributed by atoms with Gasteiger partial charge in [0.1, 0.15) is 6.54 Å². The molecule has 0 unspecified atom stereocenters. The van der Waals surface area contributed by atoms with E-state index >= 15 is 0 Å². The van der Waals surface area contributed by atoms with Crippen molar-refractivity contribution in [3.63, 3.8) is 0 Å². The molecule has 0 N–H and O–H groups in total. The summed E-state index contributed by atoms with van der Waals surface area (Å²) in [5.41, 5.74) is 0.807. The minimum atomic E-state index is -0.875. The number of rotatable bonds is 9. The van der Waals surface area contributed by atoms with Crippen LogP contribution in [0.25, 0.3) is 0 Å². The fourth-order valence-electron chi connectivity index (χ4n) is 1.87. The second-order valence-electron chi connectivity index (χ2n) is 5.00. The molecule has 26 heavy (non-hydrogen) atoms. The lowest BCUT2D eigenvalue weighted by Crippen LogP contribution is -2.38. The predicted octanol–water partition coefficient (Wildman–Crippen LogP) is 0.851. The van der Waals surface area contributed by atoms with Gasteiger partial charge in [0.05, 0.1) is 13.7 Å². The first-order valence-corrected chi connectivity index (χ1v) is 7.86. The van der Waals surface area contributed by atoms with Crippen molar-refractivity contribution in [3.05, 3.63) is 48.0 Å². The van der Waals surface area contributed by atoms with Gasteiger partial charge < -0.3 is 19.1 Å². The maximum Gasteiger partial charge on any atom is 0.331 e. The second kappa shape index (κ2) is 11.4. The molecular weight excluding hydrogens is 342 g/mol. The summed E-state index contributed by atoms with van der Waals surface area (Å²) in [4.78, 5) is 47.6. The molecule has 0 heterocycles. The van der Waals surface area contributed by atoms with Gasteiger partial charge in [-0.05, 0) is 12.5 Å². The Labute approximate surface area is 151 Å². The van der Waals surface area contributed by atoms with Crippen molar-refractivity contribution in [2.75, 3.05) is 26.9 Å². The Morgan fingerprint density at radius 2 is 1.65 bits per heavy atom. The van der Waals surface area contributed by atoms with Gasteiger partial charge in [-0.1, -0.05) is 30.3 Å². The number of amides is 1. The van der Waals surface area contributed by atoms with Crippen molar-refractivity contribution >= 4 is 23.8 Å². The lowest BCUT2D eigenvalue weighted by molar-refractivity contribution is -0.153. The predicted molar refractivity (Wildman–Crippen MR) is 90.6 cm³/mol. The second-order valence-corrected chi connectivity index (χ2v) is 5.00. The summed E-state index contributed by atoms with van der Waals surface area (Å²) < 4.78 is 14.0. The summed E-state index contributed by atoms with van der Waals surface area (Å²) in [6.07, 6.45) is 1.74. The third-order valence-electron chi connectivity index (χ3n) is 3.09. The van der Waals surface area contributed by atoms with Crippen LogP contribution in [-0.4, -0.2) is 55.6 Å². The molecule has 0 fully saturated rings. The van der Waals surface area contributed by atoms with Gasteiger partial charge in [-0.2, -0.15) is 0 Å². The Balaban J connectivity index is 2.68. The Morgan fingerprint density at radius 3 is 2.27 bits per heavy atom. The Hall–Kier alpha value is -3.16. The van der Waals surface area contributed by atoms with Gasteiger partial charge in [0.15, 0.2) is 6.61 Å². The summed E-state index contributed by atoms with van der Waals surface area (Å²) in [7, 11) is 1.17. The highest BCUT2D eigenvalue weighted by Crippen LogP contribution is 2.06. The maximum absolute atomic E-state index is 12.3. The topological polar surface area (TPSA) is 99.2 Å². The van der Waals surface area contributed by atoms with Crippen LogP contribution in [0.3, 0.4) is 0 Å². The zero-order valence-electron chi connectivity index (χ0n) is 14.7. The largest absolute Gasteiger partial charge is 0.466 e. The average Bonchev–Trinajstić information content (AvgIpc) is 2.64. The minimum absolute atomic E-state index is 0.161. The highest BCUT2D eigenvalue weighted by molar-refractivity contribution is 5.92. The molecule has 0 aliphatic heterocycles. The molecule has 1 amide bonds. The third kappa shape index (κ3) is 8.09. The fourth-order valence-corrected chi connectivity index (χ4v) is 1.87. The molecule has 0 aromatic heterocycles. The van der Waals surface area contributed by atoms with E-state index in [1.165, 1.54) is 12.0 Å². The van der Waals surface area contributed by atoms with Crippen molar-refractivity contribution in [2.24, 2.45) is 0 Å². The first kappa shape index (κ1) is 20.9. The number of hydrogen-bond acceptors (Lipinski definition) is 7. The Bertz CT molecular complexity index is 655. The highest BCUT2D eigenvalue weighted by atomic mass is 16.5. The van der Waals surface area contributed by atoms with Crippen LogP contribution in [0.1, 0.15) is 12.5 Å². The van der Waals surface area contributed by atoms with E-state index in [-0.39, 0.29) is 19.7 Å². The molecule has 1 rings (SSSR count). The number of carbonyl (C=O) groups is 4. The summed E-state index contributed by atoms with van der Waals surface area (Å²) in [6.45, 7) is 1.18. The van der Waals surface area contributed by atoms with Crippen molar-refractivity contribution < 1.29 is 33.4 Å². The van der Waals surface area contributed by atoms with E-state index in [0.717, 1.165) is 17.7 Å². The number of nitrogens with zero attached hydrogens (tertiary/aromatic N) is 1. The number of carbonyl (C=O) groups excluding carboxylic acids is 4. The van der Waals surface area contributed by atoms with Crippen LogP contribution < -0.4 is 0 Å². The van der Waals surface area contributed by atoms with E-state index in [2.05, 4.69) is 4.74 Å². The van der Waals surface area contributed by atoms with Gasteiger partial charge in [-0.3, -0.25) is 9.59 Å². The van der Waals surface area contributed by atoms with Gasteiger partial charge in [0.2, 0.25) is 0 Å². The lowest BCUT2D eigenvalue weighted by Gasteiger charge is -2.21. The van der Waals surface area contributed by atoms with E-state index in [1.54, 1.807) is 31.2 Å². The minimum Gasteiger partial charge on any atom is -0.466 e. The molecule has 1 aromatic carbocycles. The SMILES string of the molecule is CCOC(=O)CN(Cc1ccccc1)C(=O)COC(=O)/C=C/C(=O)OC. The molecule has 8 heteroatoms. The molecule has 0 saturated heterocycles. The molecule has 0 spiro atoms. The standard InChI is InChI=1S/C18H21NO7/c1-3-25-18(23)12-19(11-14-7-5-4-6-8-14)15(20)13-26-17(22)10-9-16(21)24-2/h4-10H,3,11-13H2,1-2H3/b10-9+. The molecule has 0 radical (unpaired) electrons. The summed E-state index contributed by atoms with van der Waals surface area (Å²) >= 11 is 0. The monoisotopic (exact) mass is 363 g/mol. The van der Waals surface area contributed by atoms with Crippen LogP contribution in [-0.2, 0) is 39.9 Å². The van der Waals surface area contributed by atoms with Crippen molar-refractivity contribution in [2.45, 2.75) is 13.5 Å². The van der Waals surface area contributed by atoms with Crippen LogP contribution >= 0.6 is 0 Å². The maximum atomic E-state index is 12.3. The number of methoxy groups -OCH3 is 1. The molecule has 0 bridgehead atoms. The van der Waals surface area contributed by atoms with Crippen LogP contribution in [0.15, 0.2) is 42.5 Å². The molecule has 140 valence electrons. The van der Waals surface area contributed by atoms with Gasteiger partial charge in [-0.25, -0.2) is 9.59 Å². The zero-order chi connectivity index (χ0) is 19.4. The number of benzene rings is 1. The first-order valence-electron chi connectivity index (χ1n) is 7.86. The normalized spacial score (nSPS) is 10.2. The number of hydrogen-bond donors (Lipinski definition) is 0. The molecular formula is C18H21NO7. The van der Waals surface area contributed by atoms with Crippen LogP contribution in [0.5, 0.6) is 0 Å². The Morgan fingerprint density at radius 1 is 1.00 bits per heavy atom. The smallest absolute Gasteiger partial charge is 0.331 e. The fraction of sp³-hybridized carbons (Fsp3) is 0.333. The van der Waals surface area contributed by atoms with E-state index in [4.69, 9.17) is 9.47 Å². The quantitative estimate of drug-likeness (QED) is 0.364. The van der Waals surface area contributed by atoms with Crippen LogP contribution in [0.2, 0.25) is 0 Å². The third-order valence-corrected chi connectivity index (χ3v) is 3.09. The Kier molecular flexibility index (Phi) is 9.16. The van der Waals surface area contributed by atoms with E-state index in [0.29, 0.717) is 0 Å². The summed E-state index contributed by atoms with van der Waals surface area (Å²) in [6, 6.07) is 9.05. The van der Waals surface area contributed by atoms with Gasteiger partial charge in [-0.15, -0.1) is 0 Å². The zero-order valence-corrected chi connectivity index (χ0v) is 14.7. The molecule has 0 aliphatic carbocycles. The molecule has 0 atom stereocenters. The molecule has 0 saturated carbocycles. The van der Waals surface area contributed by atoms with Crippen LogP contribution in [0.4, 0.5) is 0 Å². The highest BCUT2D eigenvalue weighted by Gasteiger charge is 2.19. The molecule has 1 aromatic rings. The van der Waals surface area contributed by atoms with E-state index in [9.17, 15) is 19.2 Å². The van der Waals surface area contributed by atoms with Gasteiger partial charge in [0, 0.05) is 18.7 Å². The van der Waals surface area contributed by atoms with Crippen molar-refractivity contribution in [1.29, 1.82) is 0 Å². The summed E-state index contributed by atoms with van der Waals surface area (Å²) in [5, 5.41) is 0. The van der Waals surface area contributed by atoms with Gasteiger partial charge in [0.25, 0.3) is 5.91 Å². The van der Waals surface area contributed by atoms with Crippen LogP contribution in [0, 0.1) is 0 Å². The first-order chi connectivity index (χ1) is 12.5.